The maximum Gasteiger partial charge on any atom is 0.254 e. The van der Waals surface area contributed by atoms with Gasteiger partial charge in [0, 0.05) is 43.5 Å². The molecule has 7 nitrogen and oxygen atoms in total. The molecule has 30 heavy (non-hydrogen) atoms. The number of H-pyrrole nitrogens is 1. The van der Waals surface area contributed by atoms with E-state index >= 15 is 0 Å². The van der Waals surface area contributed by atoms with Crippen LogP contribution in [-0.2, 0) is 22.6 Å². The van der Waals surface area contributed by atoms with Gasteiger partial charge in [0.05, 0.1) is 12.2 Å². The van der Waals surface area contributed by atoms with Crippen LogP contribution in [0.15, 0.2) is 4.79 Å². The van der Waals surface area contributed by atoms with Crippen LogP contribution in [0.5, 0.6) is 0 Å². The van der Waals surface area contributed by atoms with Gasteiger partial charge in [0.2, 0.25) is 11.8 Å². The molecule has 0 spiro atoms. The van der Waals surface area contributed by atoms with E-state index in [2.05, 4.69) is 4.98 Å². The minimum absolute atomic E-state index is 0.0699. The fourth-order valence-corrected chi connectivity index (χ4v) is 5.42. The smallest absolute Gasteiger partial charge is 0.254 e. The highest BCUT2D eigenvalue weighted by Gasteiger charge is 2.36. The van der Waals surface area contributed by atoms with Crippen LogP contribution < -0.4 is 5.56 Å². The Morgan fingerprint density at radius 3 is 2.60 bits per heavy atom. The SMILES string of the molecule is O=C(CCC1CCCC1)N1CC[C@H](c2nc3c(c(=O)[nH]2)CCN(C(=O)C2CC2)C3)C1. The summed E-state index contributed by atoms with van der Waals surface area (Å²) in [5, 5.41) is 0. The number of amides is 2. The molecule has 3 heterocycles. The number of carbonyl (C=O) groups excluding carboxylic acids is 2. The first-order valence-electron chi connectivity index (χ1n) is 11.8. The second kappa shape index (κ2) is 8.16. The highest BCUT2D eigenvalue weighted by atomic mass is 16.2. The van der Waals surface area contributed by atoms with Crippen molar-refractivity contribution in [2.45, 2.75) is 76.7 Å². The van der Waals surface area contributed by atoms with E-state index in [1.165, 1.54) is 25.7 Å². The summed E-state index contributed by atoms with van der Waals surface area (Å²) in [6.45, 7) is 2.43. The monoisotopic (exact) mass is 412 g/mol. The van der Waals surface area contributed by atoms with Gasteiger partial charge < -0.3 is 14.8 Å². The molecule has 0 unspecified atom stereocenters. The summed E-state index contributed by atoms with van der Waals surface area (Å²) in [5.41, 5.74) is 1.40. The maximum atomic E-state index is 12.7. The largest absolute Gasteiger partial charge is 0.342 e. The molecule has 4 aliphatic rings. The van der Waals surface area contributed by atoms with Gasteiger partial charge in [-0.25, -0.2) is 4.98 Å². The average Bonchev–Trinajstić information content (AvgIpc) is 3.25. The van der Waals surface area contributed by atoms with Crippen molar-refractivity contribution in [2.75, 3.05) is 19.6 Å². The van der Waals surface area contributed by atoms with Gasteiger partial charge >= 0.3 is 0 Å². The van der Waals surface area contributed by atoms with Crippen molar-refractivity contribution in [3.63, 3.8) is 0 Å². The summed E-state index contributed by atoms with van der Waals surface area (Å²) in [7, 11) is 0. The number of likely N-dealkylation sites (tertiary alicyclic amines) is 1. The van der Waals surface area contributed by atoms with Crippen molar-refractivity contribution >= 4 is 11.8 Å². The van der Waals surface area contributed by atoms with Gasteiger partial charge in [-0.05, 0) is 38.0 Å². The number of nitrogens with zero attached hydrogens (tertiary/aromatic N) is 3. The fraction of sp³-hybridized carbons (Fsp3) is 0.739. The van der Waals surface area contributed by atoms with Crippen LogP contribution in [0.3, 0.4) is 0 Å². The van der Waals surface area contributed by atoms with Crippen molar-refractivity contribution in [2.24, 2.45) is 11.8 Å². The standard InChI is InChI=1S/C23H32N4O3/c28-20(8-5-15-3-1-2-4-15)26-11-9-17(13-26)21-24-19-14-27(23(30)16-6-7-16)12-10-18(19)22(29)25-21/h15-17H,1-14H2,(H,24,25,29)/t17-/m0/s1. The Bertz CT molecular complexity index is 885. The third-order valence-corrected chi connectivity index (χ3v) is 7.50. The van der Waals surface area contributed by atoms with E-state index in [0.29, 0.717) is 38.3 Å². The molecule has 162 valence electrons. The first-order valence-corrected chi connectivity index (χ1v) is 11.8. The molecule has 2 aliphatic carbocycles. The molecule has 3 fully saturated rings. The lowest BCUT2D eigenvalue weighted by atomic mass is 10.0. The molecule has 5 rings (SSSR count). The zero-order valence-electron chi connectivity index (χ0n) is 17.7. The van der Waals surface area contributed by atoms with Crippen LogP contribution in [0.1, 0.15) is 80.8 Å². The minimum atomic E-state index is -0.0699. The van der Waals surface area contributed by atoms with Crippen LogP contribution in [-0.4, -0.2) is 51.2 Å². The predicted molar refractivity (Wildman–Crippen MR) is 112 cm³/mol. The van der Waals surface area contributed by atoms with Crippen molar-refractivity contribution < 1.29 is 9.59 Å². The second-order valence-electron chi connectivity index (χ2n) is 9.67. The van der Waals surface area contributed by atoms with Crippen molar-refractivity contribution in [1.29, 1.82) is 0 Å². The number of aromatic nitrogens is 2. The summed E-state index contributed by atoms with van der Waals surface area (Å²) in [5.74, 6) is 2.13. The van der Waals surface area contributed by atoms with Crippen LogP contribution in [0.25, 0.3) is 0 Å². The second-order valence-corrected chi connectivity index (χ2v) is 9.67. The Balaban J connectivity index is 1.23. The lowest BCUT2D eigenvalue weighted by Gasteiger charge is -2.28. The zero-order chi connectivity index (χ0) is 20.7. The van der Waals surface area contributed by atoms with E-state index in [1.54, 1.807) is 0 Å². The summed E-state index contributed by atoms with van der Waals surface area (Å²) in [4.78, 5) is 49.3. The molecule has 0 radical (unpaired) electrons. The summed E-state index contributed by atoms with van der Waals surface area (Å²) < 4.78 is 0. The van der Waals surface area contributed by atoms with Crippen LogP contribution >= 0.6 is 0 Å². The molecule has 1 aromatic heterocycles. The van der Waals surface area contributed by atoms with E-state index in [9.17, 15) is 14.4 Å². The molecule has 1 atom stereocenters. The number of hydrogen-bond acceptors (Lipinski definition) is 4. The lowest BCUT2D eigenvalue weighted by Crippen LogP contribution is -2.40. The number of nitrogens with one attached hydrogen (secondary N) is 1. The third-order valence-electron chi connectivity index (χ3n) is 7.50. The molecular formula is C23H32N4O3. The van der Waals surface area contributed by atoms with E-state index < -0.39 is 0 Å². The van der Waals surface area contributed by atoms with Crippen LogP contribution in [0.2, 0.25) is 0 Å². The number of carbonyl (C=O) groups is 2. The molecule has 2 aliphatic heterocycles. The normalized spacial score (nSPS) is 24.3. The summed E-state index contributed by atoms with van der Waals surface area (Å²) in [6, 6.07) is 0. The Hall–Kier alpha value is -2.18. The summed E-state index contributed by atoms with van der Waals surface area (Å²) >= 11 is 0. The van der Waals surface area contributed by atoms with E-state index in [-0.39, 0.29) is 29.2 Å². The zero-order valence-corrected chi connectivity index (χ0v) is 17.7. The van der Waals surface area contributed by atoms with Gasteiger partial charge in [-0.1, -0.05) is 25.7 Å². The molecule has 1 saturated heterocycles. The van der Waals surface area contributed by atoms with E-state index in [4.69, 9.17) is 4.98 Å². The molecule has 1 N–H and O–H groups in total. The highest BCUT2D eigenvalue weighted by Crippen LogP contribution is 2.33. The quantitative estimate of drug-likeness (QED) is 0.804. The Morgan fingerprint density at radius 1 is 1.03 bits per heavy atom. The Morgan fingerprint density at radius 2 is 1.83 bits per heavy atom. The van der Waals surface area contributed by atoms with Gasteiger partial charge in [-0.3, -0.25) is 14.4 Å². The summed E-state index contributed by atoms with van der Waals surface area (Å²) in [6.07, 6.45) is 10.2. The average molecular weight is 413 g/mol. The number of hydrogen-bond donors (Lipinski definition) is 1. The van der Waals surface area contributed by atoms with Crippen molar-refractivity contribution in [3.8, 4) is 0 Å². The molecule has 0 aromatic carbocycles. The molecule has 1 aromatic rings. The molecule has 7 heteroatoms. The number of rotatable bonds is 5. The topological polar surface area (TPSA) is 86.4 Å². The first kappa shape index (κ1) is 19.8. The predicted octanol–water partition coefficient (Wildman–Crippen LogP) is 2.35. The molecule has 2 amide bonds. The molecule has 2 saturated carbocycles. The van der Waals surface area contributed by atoms with Gasteiger partial charge in [0.25, 0.3) is 5.56 Å². The van der Waals surface area contributed by atoms with Crippen molar-refractivity contribution in [3.05, 3.63) is 27.4 Å². The van der Waals surface area contributed by atoms with Crippen LogP contribution in [0.4, 0.5) is 0 Å². The van der Waals surface area contributed by atoms with Crippen molar-refractivity contribution in [1.82, 2.24) is 19.8 Å². The van der Waals surface area contributed by atoms with Gasteiger partial charge in [0.1, 0.15) is 5.82 Å². The number of aromatic amines is 1. The number of fused-ring (bicyclic) bond motifs is 1. The van der Waals surface area contributed by atoms with Gasteiger partial charge in [0.15, 0.2) is 0 Å². The third kappa shape index (κ3) is 4.03. The Labute approximate surface area is 177 Å². The maximum absolute atomic E-state index is 12.7. The highest BCUT2D eigenvalue weighted by molar-refractivity contribution is 5.81. The van der Waals surface area contributed by atoms with Gasteiger partial charge in [-0.2, -0.15) is 0 Å². The molecular weight excluding hydrogens is 380 g/mol. The van der Waals surface area contributed by atoms with E-state index in [0.717, 1.165) is 49.4 Å². The van der Waals surface area contributed by atoms with E-state index in [1.807, 2.05) is 9.80 Å². The fourth-order valence-electron chi connectivity index (χ4n) is 5.42. The first-order chi connectivity index (χ1) is 14.6. The minimum Gasteiger partial charge on any atom is -0.342 e. The van der Waals surface area contributed by atoms with Gasteiger partial charge in [-0.15, -0.1) is 0 Å². The molecule has 0 bridgehead atoms. The Kier molecular flexibility index (Phi) is 5.37. The lowest BCUT2D eigenvalue weighted by molar-refractivity contribution is -0.133. The van der Waals surface area contributed by atoms with Crippen LogP contribution in [0, 0.1) is 11.8 Å².